The predicted molar refractivity (Wildman–Crippen MR) is 48.6 cm³/mol. The first-order valence-corrected chi connectivity index (χ1v) is 4.25. The number of rotatable bonds is 3. The van der Waals surface area contributed by atoms with Gasteiger partial charge in [-0.2, -0.15) is 0 Å². The lowest BCUT2D eigenvalue weighted by molar-refractivity contribution is 0.111. The number of aromatic nitrogens is 2. The molecule has 1 heterocycles. The minimum atomic E-state index is -0.0736. The predicted octanol–water partition coefficient (Wildman–Crippen LogP) is 1.99. The maximum absolute atomic E-state index is 10.5. The van der Waals surface area contributed by atoms with Crippen LogP contribution in [0.5, 0.6) is 5.75 Å². The Kier molecular flexibility index (Phi) is 3.45. The van der Waals surface area contributed by atoms with Crippen LogP contribution in [0.4, 0.5) is 0 Å². The molecule has 0 unspecified atom stereocenters. The van der Waals surface area contributed by atoms with E-state index in [1.165, 1.54) is 0 Å². The maximum Gasteiger partial charge on any atom is 0.224 e. The largest absolute Gasteiger partial charge is 0.488 e. The van der Waals surface area contributed by atoms with Crippen LogP contribution in [0.1, 0.15) is 17.4 Å². The van der Waals surface area contributed by atoms with Gasteiger partial charge >= 0.3 is 0 Å². The minimum absolute atomic E-state index is 0.0453. The number of nitrogens with zero attached hydrogens (tertiary/aromatic N) is 2. The van der Waals surface area contributed by atoms with Crippen molar-refractivity contribution < 1.29 is 9.53 Å². The Hall–Kier alpha value is -0.870. The van der Waals surface area contributed by atoms with Crippen molar-refractivity contribution in [3.05, 3.63) is 16.1 Å². The molecular weight excluding hydrogens is 215 g/mol. The van der Waals surface area contributed by atoms with E-state index < -0.39 is 0 Å². The molecule has 13 heavy (non-hydrogen) atoms. The quantitative estimate of drug-likeness (QED) is 0.445. The molecule has 0 amide bonds. The summed E-state index contributed by atoms with van der Waals surface area (Å²) in [6, 6.07) is 0. The first-order chi connectivity index (χ1) is 6.19. The van der Waals surface area contributed by atoms with E-state index >= 15 is 0 Å². The summed E-state index contributed by atoms with van der Waals surface area (Å²) in [6.45, 7) is 2.14. The Morgan fingerprint density at radius 2 is 2.15 bits per heavy atom. The minimum Gasteiger partial charge on any atom is -0.488 e. The highest BCUT2D eigenvalue weighted by atomic mass is 35.5. The number of carbonyl (C=O) groups is 1. The fourth-order valence-corrected chi connectivity index (χ4v) is 1.22. The monoisotopic (exact) mass is 220 g/mol. The van der Waals surface area contributed by atoms with Crippen molar-refractivity contribution in [2.45, 2.75) is 6.92 Å². The van der Waals surface area contributed by atoms with Gasteiger partial charge in [-0.15, -0.1) is 0 Å². The number of hydrogen-bond donors (Lipinski definition) is 0. The van der Waals surface area contributed by atoms with Gasteiger partial charge < -0.3 is 4.74 Å². The van der Waals surface area contributed by atoms with E-state index in [9.17, 15) is 4.79 Å². The summed E-state index contributed by atoms with van der Waals surface area (Å²) in [5.41, 5.74) is 0.0619. The van der Waals surface area contributed by atoms with Crippen molar-refractivity contribution in [1.29, 1.82) is 0 Å². The standard InChI is InChI=1S/C7H6Cl2N2O2/c1-2-13-5-4(3-12)10-7(9)11-6(5)8/h3H,2H2,1H3. The third-order valence-electron chi connectivity index (χ3n) is 1.22. The summed E-state index contributed by atoms with van der Waals surface area (Å²) in [5.74, 6) is 0.170. The third-order valence-corrected chi connectivity index (χ3v) is 1.65. The molecule has 0 radical (unpaired) electrons. The molecule has 1 aromatic rings. The molecule has 0 aromatic carbocycles. The summed E-state index contributed by atoms with van der Waals surface area (Å²) in [7, 11) is 0. The second-order valence-corrected chi connectivity index (χ2v) is 2.74. The zero-order chi connectivity index (χ0) is 9.84. The van der Waals surface area contributed by atoms with E-state index in [-0.39, 0.29) is 21.9 Å². The second-order valence-electron chi connectivity index (χ2n) is 2.05. The van der Waals surface area contributed by atoms with Gasteiger partial charge in [-0.25, -0.2) is 9.97 Å². The Bertz CT molecular complexity index is 331. The summed E-state index contributed by atoms with van der Waals surface area (Å²) >= 11 is 11.2. The zero-order valence-corrected chi connectivity index (χ0v) is 8.26. The van der Waals surface area contributed by atoms with Crippen molar-refractivity contribution >= 4 is 29.5 Å². The Balaban J connectivity index is 3.21. The smallest absolute Gasteiger partial charge is 0.224 e. The molecule has 0 aliphatic rings. The van der Waals surface area contributed by atoms with Crippen LogP contribution in [-0.4, -0.2) is 22.9 Å². The molecule has 0 aliphatic heterocycles. The normalized spacial score (nSPS) is 9.77. The number of carbonyl (C=O) groups excluding carboxylic acids is 1. The molecular formula is C7H6Cl2N2O2. The fourth-order valence-electron chi connectivity index (χ4n) is 0.770. The van der Waals surface area contributed by atoms with E-state index in [1.54, 1.807) is 6.92 Å². The first-order valence-electron chi connectivity index (χ1n) is 3.50. The van der Waals surface area contributed by atoms with E-state index in [0.29, 0.717) is 12.9 Å². The average molecular weight is 221 g/mol. The van der Waals surface area contributed by atoms with E-state index in [0.717, 1.165) is 0 Å². The lowest BCUT2D eigenvalue weighted by atomic mass is 10.4. The number of hydrogen-bond acceptors (Lipinski definition) is 4. The highest BCUT2D eigenvalue weighted by Gasteiger charge is 2.12. The summed E-state index contributed by atoms with van der Waals surface area (Å²) < 4.78 is 5.07. The van der Waals surface area contributed by atoms with Gasteiger partial charge in [0.1, 0.15) is 0 Å². The molecule has 6 heteroatoms. The molecule has 4 nitrogen and oxygen atoms in total. The number of ether oxygens (including phenoxy) is 1. The first kappa shape index (κ1) is 10.2. The van der Waals surface area contributed by atoms with Crippen molar-refractivity contribution in [2.24, 2.45) is 0 Å². The van der Waals surface area contributed by atoms with Crippen LogP contribution in [0.15, 0.2) is 0 Å². The third kappa shape index (κ3) is 2.29. The second kappa shape index (κ2) is 4.39. The van der Waals surface area contributed by atoms with E-state index in [1.807, 2.05) is 0 Å². The van der Waals surface area contributed by atoms with E-state index in [4.69, 9.17) is 27.9 Å². The van der Waals surface area contributed by atoms with Gasteiger partial charge in [0.25, 0.3) is 0 Å². The lowest BCUT2D eigenvalue weighted by Gasteiger charge is -2.06. The van der Waals surface area contributed by atoms with E-state index in [2.05, 4.69) is 9.97 Å². The molecule has 70 valence electrons. The van der Waals surface area contributed by atoms with Crippen molar-refractivity contribution in [1.82, 2.24) is 9.97 Å². The van der Waals surface area contributed by atoms with Crippen LogP contribution >= 0.6 is 23.2 Å². The van der Waals surface area contributed by atoms with Gasteiger partial charge in [-0.3, -0.25) is 4.79 Å². The SMILES string of the molecule is CCOc1c(Cl)nc(Cl)nc1C=O. The molecule has 1 aromatic heterocycles. The molecule has 0 aliphatic carbocycles. The van der Waals surface area contributed by atoms with Crippen LogP contribution in [-0.2, 0) is 0 Å². The van der Waals surface area contributed by atoms with Crippen molar-refractivity contribution in [2.75, 3.05) is 6.61 Å². The fraction of sp³-hybridized carbons (Fsp3) is 0.286. The van der Waals surface area contributed by atoms with Gasteiger partial charge in [-0.1, -0.05) is 11.6 Å². The Morgan fingerprint density at radius 1 is 1.46 bits per heavy atom. The van der Waals surface area contributed by atoms with Gasteiger partial charge in [0.15, 0.2) is 22.9 Å². The van der Waals surface area contributed by atoms with Gasteiger partial charge in [-0.05, 0) is 18.5 Å². The molecule has 0 saturated carbocycles. The highest BCUT2D eigenvalue weighted by molar-refractivity contribution is 6.33. The summed E-state index contributed by atoms with van der Waals surface area (Å²) in [6.07, 6.45) is 0.518. The summed E-state index contributed by atoms with van der Waals surface area (Å²) in [5, 5.41) is -0.0282. The lowest BCUT2D eigenvalue weighted by Crippen LogP contribution is -2.01. The molecule has 0 bridgehead atoms. The van der Waals surface area contributed by atoms with Crippen LogP contribution in [0.3, 0.4) is 0 Å². The number of aldehydes is 1. The zero-order valence-electron chi connectivity index (χ0n) is 6.75. The number of halogens is 2. The molecule has 0 spiro atoms. The maximum atomic E-state index is 10.5. The molecule has 1 rings (SSSR count). The molecule has 0 fully saturated rings. The molecule has 0 N–H and O–H groups in total. The molecule has 0 saturated heterocycles. The highest BCUT2D eigenvalue weighted by Crippen LogP contribution is 2.25. The van der Waals surface area contributed by atoms with Crippen LogP contribution in [0, 0.1) is 0 Å². The Labute approximate surface area is 84.8 Å². The van der Waals surface area contributed by atoms with Crippen molar-refractivity contribution in [3.8, 4) is 5.75 Å². The topological polar surface area (TPSA) is 52.1 Å². The van der Waals surface area contributed by atoms with Crippen LogP contribution < -0.4 is 4.74 Å². The van der Waals surface area contributed by atoms with Gasteiger partial charge in [0.2, 0.25) is 5.28 Å². The van der Waals surface area contributed by atoms with Gasteiger partial charge in [0.05, 0.1) is 6.61 Å². The average Bonchev–Trinajstić information content (AvgIpc) is 2.09. The van der Waals surface area contributed by atoms with Crippen molar-refractivity contribution in [3.63, 3.8) is 0 Å². The Morgan fingerprint density at radius 3 is 2.69 bits per heavy atom. The van der Waals surface area contributed by atoms with Crippen LogP contribution in [0.2, 0.25) is 10.4 Å². The summed E-state index contributed by atoms with van der Waals surface area (Å²) in [4.78, 5) is 17.8. The molecule has 0 atom stereocenters. The van der Waals surface area contributed by atoms with Crippen LogP contribution in [0.25, 0.3) is 0 Å². The van der Waals surface area contributed by atoms with Gasteiger partial charge in [0, 0.05) is 0 Å².